The average Bonchev–Trinajstić information content (AvgIpc) is 2.92. The monoisotopic (exact) mass is 261 g/mol. The minimum Gasteiger partial charge on any atom is -0.481 e. The summed E-state index contributed by atoms with van der Waals surface area (Å²) < 4.78 is 0. The van der Waals surface area contributed by atoms with Crippen LogP contribution in [0.25, 0.3) is 0 Å². The molecule has 1 saturated carbocycles. The lowest BCUT2D eigenvalue weighted by Gasteiger charge is -2.10. The Balaban J connectivity index is 1.87. The third kappa shape index (κ3) is 4.09. The summed E-state index contributed by atoms with van der Waals surface area (Å²) in [6.07, 6.45) is 4.92. The molecule has 0 aliphatic heterocycles. The highest BCUT2D eigenvalue weighted by Gasteiger charge is 2.22. The second kappa shape index (κ2) is 6.36. The molecule has 1 amide bonds. The van der Waals surface area contributed by atoms with Gasteiger partial charge in [0.2, 0.25) is 5.91 Å². The Bertz CT molecular complexity index is 447. The molecular formula is C15H19NO3. The molecule has 1 aromatic rings. The van der Waals surface area contributed by atoms with E-state index >= 15 is 0 Å². The third-order valence-corrected chi connectivity index (χ3v) is 3.57. The zero-order valence-corrected chi connectivity index (χ0v) is 10.9. The molecule has 2 rings (SSSR count). The van der Waals surface area contributed by atoms with Crippen molar-refractivity contribution in [2.24, 2.45) is 5.92 Å². The van der Waals surface area contributed by atoms with Gasteiger partial charge in [0, 0.05) is 18.0 Å². The van der Waals surface area contributed by atoms with Gasteiger partial charge in [-0.05, 0) is 37.0 Å². The van der Waals surface area contributed by atoms with Gasteiger partial charge in [-0.2, -0.15) is 0 Å². The number of carboxylic acid groups (broad SMARTS) is 1. The Morgan fingerprint density at radius 1 is 1.16 bits per heavy atom. The van der Waals surface area contributed by atoms with E-state index in [2.05, 4.69) is 5.32 Å². The summed E-state index contributed by atoms with van der Waals surface area (Å²) in [5.74, 6) is -0.527. The molecule has 1 aliphatic carbocycles. The number of rotatable bonds is 5. The molecule has 0 atom stereocenters. The first-order valence-corrected chi connectivity index (χ1v) is 6.77. The van der Waals surface area contributed by atoms with Crippen molar-refractivity contribution >= 4 is 17.6 Å². The van der Waals surface area contributed by atoms with E-state index < -0.39 is 5.97 Å². The molecule has 0 unspecified atom stereocenters. The minimum atomic E-state index is -0.793. The third-order valence-electron chi connectivity index (χ3n) is 3.57. The summed E-state index contributed by atoms with van der Waals surface area (Å²) in [4.78, 5) is 22.4. The summed E-state index contributed by atoms with van der Waals surface area (Å²) in [7, 11) is 0. The normalized spacial score (nSPS) is 15.4. The van der Waals surface area contributed by atoms with Crippen LogP contribution in [0.5, 0.6) is 0 Å². The van der Waals surface area contributed by atoms with Gasteiger partial charge >= 0.3 is 5.97 Å². The van der Waals surface area contributed by atoms with Gasteiger partial charge < -0.3 is 10.4 Å². The van der Waals surface area contributed by atoms with Crippen molar-refractivity contribution in [3.63, 3.8) is 0 Å². The second-order valence-corrected chi connectivity index (χ2v) is 5.06. The molecule has 2 N–H and O–H groups in total. The van der Waals surface area contributed by atoms with Crippen LogP contribution in [0.2, 0.25) is 0 Å². The number of carboxylic acids is 1. The van der Waals surface area contributed by atoms with Crippen LogP contribution in [-0.4, -0.2) is 17.0 Å². The number of amides is 1. The van der Waals surface area contributed by atoms with E-state index in [0.29, 0.717) is 6.42 Å². The Morgan fingerprint density at radius 3 is 2.37 bits per heavy atom. The molecule has 1 fully saturated rings. The fourth-order valence-corrected chi connectivity index (χ4v) is 2.44. The molecule has 1 aliphatic rings. The topological polar surface area (TPSA) is 66.4 Å². The predicted molar refractivity (Wildman–Crippen MR) is 73.0 cm³/mol. The molecule has 4 nitrogen and oxygen atoms in total. The van der Waals surface area contributed by atoms with Crippen LogP contribution < -0.4 is 5.32 Å². The maximum Gasteiger partial charge on any atom is 0.303 e. The number of anilines is 1. The molecule has 0 saturated heterocycles. The van der Waals surface area contributed by atoms with E-state index in [4.69, 9.17) is 5.11 Å². The number of aliphatic carboxylic acids is 1. The summed E-state index contributed by atoms with van der Waals surface area (Å²) in [5.41, 5.74) is 1.76. The fourth-order valence-electron chi connectivity index (χ4n) is 2.44. The van der Waals surface area contributed by atoms with Crippen molar-refractivity contribution in [3.05, 3.63) is 29.8 Å². The largest absolute Gasteiger partial charge is 0.481 e. The van der Waals surface area contributed by atoms with Crippen molar-refractivity contribution in [1.29, 1.82) is 0 Å². The fraction of sp³-hybridized carbons (Fsp3) is 0.467. The summed E-state index contributed by atoms with van der Waals surface area (Å²) >= 11 is 0. The van der Waals surface area contributed by atoms with Gasteiger partial charge in [-0.1, -0.05) is 25.0 Å². The lowest BCUT2D eigenvalue weighted by atomic mass is 10.1. The van der Waals surface area contributed by atoms with E-state index in [1.54, 1.807) is 0 Å². The molecule has 0 heterocycles. The van der Waals surface area contributed by atoms with Crippen LogP contribution >= 0.6 is 0 Å². The average molecular weight is 261 g/mol. The SMILES string of the molecule is O=C(O)CCc1ccc(NC(=O)C2CCCC2)cc1. The van der Waals surface area contributed by atoms with E-state index in [9.17, 15) is 9.59 Å². The van der Waals surface area contributed by atoms with Crippen molar-refractivity contribution < 1.29 is 14.7 Å². The first-order chi connectivity index (χ1) is 9.15. The summed E-state index contributed by atoms with van der Waals surface area (Å²) in [5, 5.41) is 11.5. The van der Waals surface area contributed by atoms with Crippen molar-refractivity contribution in [3.8, 4) is 0 Å². The Labute approximate surface area is 112 Å². The first-order valence-electron chi connectivity index (χ1n) is 6.77. The van der Waals surface area contributed by atoms with Crippen LogP contribution in [0, 0.1) is 5.92 Å². The van der Waals surface area contributed by atoms with Gasteiger partial charge in [-0.25, -0.2) is 0 Å². The van der Waals surface area contributed by atoms with E-state index in [1.165, 1.54) is 0 Å². The predicted octanol–water partition coefficient (Wildman–Crippen LogP) is 2.83. The molecule has 0 spiro atoms. The van der Waals surface area contributed by atoms with E-state index in [1.807, 2.05) is 24.3 Å². The lowest BCUT2D eigenvalue weighted by molar-refractivity contribution is -0.137. The number of hydrogen-bond donors (Lipinski definition) is 2. The van der Waals surface area contributed by atoms with Crippen molar-refractivity contribution in [2.45, 2.75) is 38.5 Å². The van der Waals surface area contributed by atoms with Crippen LogP contribution in [0.15, 0.2) is 24.3 Å². The second-order valence-electron chi connectivity index (χ2n) is 5.06. The number of benzene rings is 1. The van der Waals surface area contributed by atoms with Crippen molar-refractivity contribution in [1.82, 2.24) is 0 Å². The standard InChI is InChI=1S/C15H19NO3/c17-14(18)10-7-11-5-8-13(9-6-11)16-15(19)12-3-1-2-4-12/h5-6,8-9,12H,1-4,7,10H2,(H,16,19)(H,17,18). The molecule has 102 valence electrons. The molecule has 0 aromatic heterocycles. The number of aryl methyl sites for hydroxylation is 1. The molecule has 19 heavy (non-hydrogen) atoms. The highest BCUT2D eigenvalue weighted by Crippen LogP contribution is 2.26. The Morgan fingerprint density at radius 2 is 1.79 bits per heavy atom. The zero-order chi connectivity index (χ0) is 13.7. The molecule has 0 radical (unpaired) electrons. The lowest BCUT2D eigenvalue weighted by Crippen LogP contribution is -2.20. The van der Waals surface area contributed by atoms with Crippen LogP contribution in [0.4, 0.5) is 5.69 Å². The molecule has 0 bridgehead atoms. The summed E-state index contributed by atoms with van der Waals surface area (Å²) in [6.45, 7) is 0. The number of hydrogen-bond acceptors (Lipinski definition) is 2. The maximum atomic E-state index is 11.9. The van der Waals surface area contributed by atoms with Gasteiger partial charge in [0.15, 0.2) is 0 Å². The van der Waals surface area contributed by atoms with Crippen LogP contribution in [0.1, 0.15) is 37.7 Å². The van der Waals surface area contributed by atoms with Gasteiger partial charge in [-0.3, -0.25) is 9.59 Å². The Hall–Kier alpha value is -1.84. The van der Waals surface area contributed by atoms with Crippen LogP contribution in [-0.2, 0) is 16.0 Å². The number of nitrogens with one attached hydrogen (secondary N) is 1. The minimum absolute atomic E-state index is 0.107. The molecular weight excluding hydrogens is 242 g/mol. The van der Waals surface area contributed by atoms with E-state index in [0.717, 1.165) is 36.9 Å². The van der Waals surface area contributed by atoms with Crippen LogP contribution in [0.3, 0.4) is 0 Å². The van der Waals surface area contributed by atoms with Gasteiger partial charge in [-0.15, -0.1) is 0 Å². The summed E-state index contributed by atoms with van der Waals surface area (Å²) in [6, 6.07) is 7.41. The van der Waals surface area contributed by atoms with Gasteiger partial charge in [0.1, 0.15) is 0 Å². The number of carbonyl (C=O) groups is 2. The maximum absolute atomic E-state index is 11.9. The molecule has 1 aromatic carbocycles. The zero-order valence-electron chi connectivity index (χ0n) is 10.9. The quantitative estimate of drug-likeness (QED) is 0.856. The van der Waals surface area contributed by atoms with Gasteiger partial charge in [0.05, 0.1) is 0 Å². The van der Waals surface area contributed by atoms with Gasteiger partial charge in [0.25, 0.3) is 0 Å². The first kappa shape index (κ1) is 13.6. The highest BCUT2D eigenvalue weighted by atomic mass is 16.4. The smallest absolute Gasteiger partial charge is 0.303 e. The highest BCUT2D eigenvalue weighted by molar-refractivity contribution is 5.92. The molecule has 4 heteroatoms. The van der Waals surface area contributed by atoms with Crippen molar-refractivity contribution in [2.75, 3.05) is 5.32 Å². The Kier molecular flexibility index (Phi) is 4.55. The van der Waals surface area contributed by atoms with E-state index in [-0.39, 0.29) is 18.2 Å². The number of carbonyl (C=O) groups excluding carboxylic acids is 1.